The number of carbonyl (C=O) groups is 1. The molecule has 5 heteroatoms. The molecular formula is C25H41BrN2O2. The van der Waals surface area contributed by atoms with E-state index in [-0.39, 0.29) is 5.91 Å². The summed E-state index contributed by atoms with van der Waals surface area (Å²) in [4.78, 5) is 17.1. The molecular weight excluding hydrogens is 440 g/mol. The number of hydrogen-bond donors (Lipinski definition) is 0. The third kappa shape index (κ3) is 9.07. The number of nitrogens with zero attached hydrogens (tertiary/aromatic N) is 2. The topological polar surface area (TPSA) is 32.8 Å². The van der Waals surface area contributed by atoms with Crippen LogP contribution in [0.4, 0.5) is 0 Å². The minimum Gasteiger partial charge on any atom is -0.378 e. The molecule has 0 heterocycles. The Morgan fingerprint density at radius 3 is 2.23 bits per heavy atom. The molecule has 1 amide bonds. The zero-order valence-corrected chi connectivity index (χ0v) is 20.8. The Kier molecular flexibility index (Phi) is 12.0. The lowest BCUT2D eigenvalue weighted by atomic mass is 9.91. The highest BCUT2D eigenvalue weighted by molar-refractivity contribution is 9.10. The van der Waals surface area contributed by atoms with Crippen LogP contribution in [-0.2, 0) is 4.74 Å². The molecule has 1 aromatic rings. The number of unbranched alkanes of at least 4 members (excludes halogenated alkanes) is 4. The lowest BCUT2D eigenvalue weighted by Gasteiger charge is -2.34. The predicted molar refractivity (Wildman–Crippen MR) is 129 cm³/mol. The Bertz CT molecular complexity index is 600. The van der Waals surface area contributed by atoms with Gasteiger partial charge in [-0.1, -0.05) is 35.7 Å². The molecule has 1 aliphatic carbocycles. The van der Waals surface area contributed by atoms with Gasteiger partial charge in [0.25, 0.3) is 5.91 Å². The SMILES string of the molecule is CCCCCN(C)CCCCCOC1CCC(N(C)C(=O)c2ccc(Br)cc2)CC1. The van der Waals surface area contributed by atoms with Crippen molar-refractivity contribution in [2.45, 2.75) is 83.3 Å². The number of hydrogen-bond acceptors (Lipinski definition) is 3. The Hall–Kier alpha value is -0.910. The molecule has 170 valence electrons. The van der Waals surface area contributed by atoms with E-state index in [2.05, 4.69) is 34.8 Å². The Labute approximate surface area is 192 Å². The lowest BCUT2D eigenvalue weighted by molar-refractivity contribution is 0.00901. The van der Waals surface area contributed by atoms with Crippen LogP contribution in [0.1, 0.15) is 81.5 Å². The van der Waals surface area contributed by atoms with Crippen LogP contribution < -0.4 is 0 Å². The van der Waals surface area contributed by atoms with Crippen molar-refractivity contribution in [3.8, 4) is 0 Å². The number of rotatable bonds is 13. The second kappa shape index (κ2) is 14.2. The minimum atomic E-state index is 0.117. The molecule has 1 saturated carbocycles. The smallest absolute Gasteiger partial charge is 0.253 e. The Morgan fingerprint density at radius 2 is 1.60 bits per heavy atom. The van der Waals surface area contributed by atoms with Crippen LogP contribution in [0.5, 0.6) is 0 Å². The quantitative estimate of drug-likeness (QED) is 0.317. The van der Waals surface area contributed by atoms with E-state index in [1.807, 2.05) is 36.2 Å². The summed E-state index contributed by atoms with van der Waals surface area (Å²) in [5.41, 5.74) is 0.759. The third-order valence-electron chi connectivity index (χ3n) is 6.28. The molecule has 0 atom stereocenters. The van der Waals surface area contributed by atoms with Crippen molar-refractivity contribution in [2.24, 2.45) is 0 Å². The van der Waals surface area contributed by atoms with Crippen LogP contribution in [0.2, 0.25) is 0 Å². The molecule has 0 radical (unpaired) electrons. The van der Waals surface area contributed by atoms with E-state index in [0.29, 0.717) is 12.1 Å². The second-order valence-corrected chi connectivity index (χ2v) is 9.71. The summed E-state index contributed by atoms with van der Waals surface area (Å²) in [7, 11) is 4.18. The van der Waals surface area contributed by atoms with E-state index in [1.54, 1.807) is 0 Å². The number of benzene rings is 1. The van der Waals surface area contributed by atoms with Gasteiger partial charge in [0.1, 0.15) is 0 Å². The van der Waals surface area contributed by atoms with Gasteiger partial charge in [0, 0.05) is 29.7 Å². The van der Waals surface area contributed by atoms with Crippen LogP contribution in [0.3, 0.4) is 0 Å². The van der Waals surface area contributed by atoms with E-state index in [4.69, 9.17) is 4.74 Å². The Morgan fingerprint density at radius 1 is 0.967 bits per heavy atom. The van der Waals surface area contributed by atoms with Crippen molar-refractivity contribution in [2.75, 3.05) is 33.8 Å². The molecule has 1 aromatic carbocycles. The van der Waals surface area contributed by atoms with Gasteiger partial charge in [-0.15, -0.1) is 0 Å². The molecule has 1 fully saturated rings. The highest BCUT2D eigenvalue weighted by Gasteiger charge is 2.27. The van der Waals surface area contributed by atoms with Crippen molar-refractivity contribution < 1.29 is 9.53 Å². The second-order valence-electron chi connectivity index (χ2n) is 8.80. The van der Waals surface area contributed by atoms with Crippen molar-refractivity contribution in [1.82, 2.24) is 9.80 Å². The number of carbonyl (C=O) groups excluding carboxylic acids is 1. The average molecular weight is 482 g/mol. The van der Waals surface area contributed by atoms with Gasteiger partial charge in [0.2, 0.25) is 0 Å². The standard InChI is InChI=1S/C25H41BrN2O2/c1-4-5-7-18-27(2)19-8-6-9-20-30-24-16-14-23(15-17-24)28(3)25(29)21-10-12-22(26)13-11-21/h10-13,23-24H,4-9,14-20H2,1-3H3. The molecule has 1 aliphatic rings. The summed E-state index contributed by atoms with van der Waals surface area (Å²) in [6, 6.07) is 7.96. The number of halogens is 1. The van der Waals surface area contributed by atoms with E-state index in [0.717, 1.165) is 48.7 Å². The molecule has 0 aromatic heterocycles. The van der Waals surface area contributed by atoms with Crippen LogP contribution >= 0.6 is 15.9 Å². The van der Waals surface area contributed by atoms with Gasteiger partial charge in [-0.2, -0.15) is 0 Å². The minimum absolute atomic E-state index is 0.117. The maximum atomic E-state index is 12.7. The van der Waals surface area contributed by atoms with Crippen LogP contribution in [0.15, 0.2) is 28.7 Å². The first kappa shape index (κ1) is 25.4. The molecule has 30 heavy (non-hydrogen) atoms. The molecule has 2 rings (SSSR count). The average Bonchev–Trinajstić information content (AvgIpc) is 2.76. The van der Waals surface area contributed by atoms with E-state index in [1.165, 1.54) is 45.2 Å². The van der Waals surface area contributed by atoms with E-state index >= 15 is 0 Å². The highest BCUT2D eigenvalue weighted by atomic mass is 79.9. The van der Waals surface area contributed by atoms with Crippen LogP contribution in [0, 0.1) is 0 Å². The summed E-state index contributed by atoms with van der Waals surface area (Å²) in [6.07, 6.45) is 12.2. The molecule has 0 spiro atoms. The predicted octanol–water partition coefficient (Wildman–Crippen LogP) is 6.14. The fraction of sp³-hybridized carbons (Fsp3) is 0.720. The molecule has 0 aliphatic heterocycles. The summed E-state index contributed by atoms with van der Waals surface area (Å²) in [6.45, 7) is 5.57. The maximum absolute atomic E-state index is 12.7. The molecule has 0 bridgehead atoms. The van der Waals surface area contributed by atoms with Gasteiger partial charge >= 0.3 is 0 Å². The summed E-state index contributed by atoms with van der Waals surface area (Å²) >= 11 is 3.43. The number of amides is 1. The molecule has 0 saturated heterocycles. The van der Waals surface area contributed by atoms with Gasteiger partial charge in [0.15, 0.2) is 0 Å². The van der Waals surface area contributed by atoms with Gasteiger partial charge in [-0.3, -0.25) is 4.79 Å². The van der Waals surface area contributed by atoms with Crippen molar-refractivity contribution in [1.29, 1.82) is 0 Å². The summed E-state index contributed by atoms with van der Waals surface area (Å²) < 4.78 is 7.13. The maximum Gasteiger partial charge on any atom is 0.253 e. The van der Waals surface area contributed by atoms with E-state index in [9.17, 15) is 4.79 Å². The zero-order valence-electron chi connectivity index (χ0n) is 19.2. The van der Waals surface area contributed by atoms with Crippen molar-refractivity contribution in [3.05, 3.63) is 34.3 Å². The fourth-order valence-electron chi connectivity index (χ4n) is 4.22. The number of ether oxygens (including phenoxy) is 1. The summed E-state index contributed by atoms with van der Waals surface area (Å²) in [5, 5.41) is 0. The highest BCUT2D eigenvalue weighted by Crippen LogP contribution is 2.26. The van der Waals surface area contributed by atoms with Crippen LogP contribution in [-0.4, -0.2) is 61.6 Å². The van der Waals surface area contributed by atoms with Gasteiger partial charge in [-0.05, 0) is 95.8 Å². The van der Waals surface area contributed by atoms with Crippen LogP contribution in [0.25, 0.3) is 0 Å². The first-order chi connectivity index (χ1) is 14.5. The first-order valence-electron chi connectivity index (χ1n) is 11.8. The third-order valence-corrected chi connectivity index (χ3v) is 6.81. The van der Waals surface area contributed by atoms with Gasteiger partial charge in [0.05, 0.1) is 6.10 Å². The molecule has 4 nitrogen and oxygen atoms in total. The van der Waals surface area contributed by atoms with Crippen molar-refractivity contribution >= 4 is 21.8 Å². The summed E-state index contributed by atoms with van der Waals surface area (Å²) in [5.74, 6) is 0.117. The lowest BCUT2D eigenvalue weighted by Crippen LogP contribution is -2.40. The largest absolute Gasteiger partial charge is 0.378 e. The zero-order chi connectivity index (χ0) is 21.8. The van der Waals surface area contributed by atoms with Gasteiger partial charge < -0.3 is 14.5 Å². The normalized spacial score (nSPS) is 19.2. The van der Waals surface area contributed by atoms with Crippen molar-refractivity contribution in [3.63, 3.8) is 0 Å². The van der Waals surface area contributed by atoms with E-state index < -0.39 is 0 Å². The Balaban J connectivity index is 1.55. The molecule has 0 unspecified atom stereocenters. The molecule has 0 N–H and O–H groups in total. The fourth-order valence-corrected chi connectivity index (χ4v) is 4.48. The van der Waals surface area contributed by atoms with Gasteiger partial charge in [-0.25, -0.2) is 0 Å². The monoisotopic (exact) mass is 480 g/mol. The first-order valence-corrected chi connectivity index (χ1v) is 12.6.